The highest BCUT2D eigenvalue weighted by molar-refractivity contribution is 5.38. The number of ether oxygens (including phenoxy) is 1. The Labute approximate surface area is 104 Å². The molecule has 2 atom stereocenters. The maximum absolute atomic E-state index is 5.26. The van der Waals surface area contributed by atoms with Crippen molar-refractivity contribution in [3.05, 3.63) is 29.3 Å². The van der Waals surface area contributed by atoms with Crippen molar-refractivity contribution in [3.8, 4) is 5.75 Å². The molecule has 2 nitrogen and oxygen atoms in total. The van der Waals surface area contributed by atoms with Gasteiger partial charge in [0.05, 0.1) is 7.11 Å². The number of rotatable bonds is 5. The molecule has 1 aromatic carbocycles. The lowest BCUT2D eigenvalue weighted by atomic mass is 9.69. The molecule has 2 heteroatoms. The van der Waals surface area contributed by atoms with Crippen LogP contribution in [0.4, 0.5) is 0 Å². The molecule has 0 heterocycles. The van der Waals surface area contributed by atoms with Crippen LogP contribution in [-0.2, 0) is 0 Å². The van der Waals surface area contributed by atoms with Crippen molar-refractivity contribution in [1.82, 2.24) is 5.32 Å². The molecule has 0 saturated heterocycles. The minimum absolute atomic E-state index is 0.750. The Hall–Kier alpha value is -1.02. The van der Waals surface area contributed by atoms with Crippen molar-refractivity contribution >= 4 is 0 Å². The Bertz CT molecular complexity index is 375. The van der Waals surface area contributed by atoms with Crippen molar-refractivity contribution in [3.63, 3.8) is 0 Å². The van der Waals surface area contributed by atoms with Crippen molar-refractivity contribution in [2.24, 2.45) is 5.92 Å². The van der Waals surface area contributed by atoms with Crippen LogP contribution in [0.15, 0.2) is 18.2 Å². The molecule has 0 spiro atoms. The predicted molar refractivity (Wildman–Crippen MR) is 71.7 cm³/mol. The smallest absolute Gasteiger partial charge is 0.119 e. The van der Waals surface area contributed by atoms with Crippen molar-refractivity contribution in [2.75, 3.05) is 20.2 Å². The molecule has 0 amide bonds. The maximum Gasteiger partial charge on any atom is 0.119 e. The van der Waals surface area contributed by atoms with Gasteiger partial charge in [-0.3, -0.25) is 0 Å². The fraction of sp³-hybridized carbons (Fsp3) is 0.600. The van der Waals surface area contributed by atoms with E-state index in [-0.39, 0.29) is 0 Å². The monoisotopic (exact) mass is 233 g/mol. The van der Waals surface area contributed by atoms with Gasteiger partial charge in [-0.25, -0.2) is 0 Å². The minimum Gasteiger partial charge on any atom is -0.497 e. The van der Waals surface area contributed by atoms with Crippen LogP contribution in [0.2, 0.25) is 0 Å². The fourth-order valence-electron chi connectivity index (χ4n) is 2.74. The average Bonchev–Trinajstić information content (AvgIpc) is 2.30. The normalized spacial score (nSPS) is 23.2. The summed E-state index contributed by atoms with van der Waals surface area (Å²) in [6.45, 7) is 6.60. The molecule has 1 saturated carbocycles. The van der Waals surface area contributed by atoms with Gasteiger partial charge in [0.25, 0.3) is 0 Å². The SMILES string of the molecule is CCNCC1CCC1c1ccc(OC)cc1C. The van der Waals surface area contributed by atoms with Crippen LogP contribution in [0.3, 0.4) is 0 Å². The van der Waals surface area contributed by atoms with Gasteiger partial charge in [0.1, 0.15) is 5.75 Å². The van der Waals surface area contributed by atoms with Gasteiger partial charge in [0.2, 0.25) is 0 Å². The summed E-state index contributed by atoms with van der Waals surface area (Å²) >= 11 is 0. The van der Waals surface area contributed by atoms with Gasteiger partial charge in [0, 0.05) is 0 Å². The van der Waals surface area contributed by atoms with Crippen LogP contribution in [0.5, 0.6) is 5.75 Å². The summed E-state index contributed by atoms with van der Waals surface area (Å²) in [5.74, 6) is 2.54. The zero-order chi connectivity index (χ0) is 12.3. The lowest BCUT2D eigenvalue weighted by molar-refractivity contribution is 0.246. The minimum atomic E-state index is 0.750. The molecular weight excluding hydrogens is 210 g/mol. The van der Waals surface area contributed by atoms with Crippen LogP contribution in [0.25, 0.3) is 0 Å². The number of methoxy groups -OCH3 is 1. The predicted octanol–water partition coefficient (Wildman–Crippen LogP) is 3.11. The van der Waals surface area contributed by atoms with E-state index in [9.17, 15) is 0 Å². The second kappa shape index (κ2) is 5.54. The fourth-order valence-corrected chi connectivity index (χ4v) is 2.74. The van der Waals surface area contributed by atoms with Crippen molar-refractivity contribution in [2.45, 2.75) is 32.6 Å². The lowest BCUT2D eigenvalue weighted by Gasteiger charge is -2.38. The molecule has 2 rings (SSSR count). The molecule has 1 aliphatic rings. The maximum atomic E-state index is 5.26. The van der Waals surface area contributed by atoms with E-state index in [0.29, 0.717) is 0 Å². The highest BCUT2D eigenvalue weighted by Crippen LogP contribution is 2.43. The lowest BCUT2D eigenvalue weighted by Crippen LogP contribution is -2.34. The van der Waals surface area contributed by atoms with Gasteiger partial charge in [-0.1, -0.05) is 13.0 Å². The summed E-state index contributed by atoms with van der Waals surface area (Å²) in [5.41, 5.74) is 2.88. The summed E-state index contributed by atoms with van der Waals surface area (Å²) in [6, 6.07) is 6.49. The third-order valence-electron chi connectivity index (χ3n) is 3.95. The summed E-state index contributed by atoms with van der Waals surface area (Å²) in [5, 5.41) is 3.47. The number of benzene rings is 1. The molecule has 0 aliphatic heterocycles. The summed E-state index contributed by atoms with van der Waals surface area (Å²) in [7, 11) is 1.73. The van der Waals surface area contributed by atoms with E-state index in [0.717, 1.165) is 30.7 Å². The highest BCUT2D eigenvalue weighted by atomic mass is 16.5. The third kappa shape index (κ3) is 2.63. The summed E-state index contributed by atoms with van der Waals surface area (Å²) in [6.07, 6.45) is 2.70. The first-order chi connectivity index (χ1) is 8.26. The Morgan fingerprint density at radius 1 is 1.35 bits per heavy atom. The van der Waals surface area contributed by atoms with Gasteiger partial charge in [-0.2, -0.15) is 0 Å². The molecule has 1 aromatic rings. The second-order valence-corrected chi connectivity index (χ2v) is 4.97. The van der Waals surface area contributed by atoms with E-state index in [1.165, 1.54) is 24.0 Å². The number of hydrogen-bond donors (Lipinski definition) is 1. The van der Waals surface area contributed by atoms with E-state index in [1.54, 1.807) is 7.11 Å². The average molecular weight is 233 g/mol. The first-order valence-corrected chi connectivity index (χ1v) is 6.61. The van der Waals surface area contributed by atoms with Gasteiger partial charge >= 0.3 is 0 Å². The van der Waals surface area contributed by atoms with Gasteiger partial charge in [-0.15, -0.1) is 0 Å². The van der Waals surface area contributed by atoms with Crippen LogP contribution < -0.4 is 10.1 Å². The molecule has 94 valence electrons. The molecule has 1 aliphatic carbocycles. The highest BCUT2D eigenvalue weighted by Gasteiger charge is 2.32. The van der Waals surface area contributed by atoms with E-state index < -0.39 is 0 Å². The van der Waals surface area contributed by atoms with Gasteiger partial charge < -0.3 is 10.1 Å². The Kier molecular flexibility index (Phi) is 4.06. The number of nitrogens with one attached hydrogen (secondary N) is 1. The van der Waals surface area contributed by atoms with E-state index in [1.807, 2.05) is 0 Å². The zero-order valence-corrected chi connectivity index (χ0v) is 11.1. The molecular formula is C15H23NO. The largest absolute Gasteiger partial charge is 0.497 e. The molecule has 0 radical (unpaired) electrons. The Morgan fingerprint density at radius 3 is 2.71 bits per heavy atom. The van der Waals surface area contributed by atoms with Crippen LogP contribution in [0.1, 0.15) is 36.8 Å². The van der Waals surface area contributed by atoms with Gasteiger partial charge in [0.15, 0.2) is 0 Å². The molecule has 0 aromatic heterocycles. The molecule has 1 N–H and O–H groups in total. The van der Waals surface area contributed by atoms with E-state index in [2.05, 4.69) is 37.4 Å². The van der Waals surface area contributed by atoms with Crippen LogP contribution in [0, 0.1) is 12.8 Å². The van der Waals surface area contributed by atoms with Crippen LogP contribution in [-0.4, -0.2) is 20.2 Å². The molecule has 17 heavy (non-hydrogen) atoms. The zero-order valence-electron chi connectivity index (χ0n) is 11.1. The quantitative estimate of drug-likeness (QED) is 0.843. The van der Waals surface area contributed by atoms with Gasteiger partial charge in [-0.05, 0) is 68.0 Å². The van der Waals surface area contributed by atoms with Crippen molar-refractivity contribution in [1.29, 1.82) is 0 Å². The van der Waals surface area contributed by atoms with E-state index >= 15 is 0 Å². The Morgan fingerprint density at radius 2 is 2.18 bits per heavy atom. The molecule has 2 unspecified atom stereocenters. The van der Waals surface area contributed by atoms with Crippen molar-refractivity contribution < 1.29 is 4.74 Å². The standard InChI is InChI=1S/C15H23NO/c1-4-16-10-12-5-7-15(12)14-8-6-13(17-3)9-11(14)2/h6,8-9,12,15-16H,4-5,7,10H2,1-3H3. The third-order valence-corrected chi connectivity index (χ3v) is 3.95. The first-order valence-electron chi connectivity index (χ1n) is 6.61. The second-order valence-electron chi connectivity index (χ2n) is 4.97. The molecule has 0 bridgehead atoms. The molecule has 1 fully saturated rings. The number of aryl methyl sites for hydroxylation is 1. The first kappa shape index (κ1) is 12.4. The Balaban J connectivity index is 2.07. The summed E-state index contributed by atoms with van der Waals surface area (Å²) < 4.78 is 5.26. The van der Waals surface area contributed by atoms with Crippen LogP contribution >= 0.6 is 0 Å². The topological polar surface area (TPSA) is 21.3 Å². The van der Waals surface area contributed by atoms with E-state index in [4.69, 9.17) is 4.74 Å². The number of hydrogen-bond acceptors (Lipinski definition) is 2. The summed E-state index contributed by atoms with van der Waals surface area (Å²) in [4.78, 5) is 0.